The molecule has 0 saturated heterocycles. The summed E-state index contributed by atoms with van der Waals surface area (Å²) in [5.74, 6) is -5.26. The molecule has 18 heteroatoms. The summed E-state index contributed by atoms with van der Waals surface area (Å²) in [5.41, 5.74) is 11.0. The van der Waals surface area contributed by atoms with Gasteiger partial charge in [-0.2, -0.15) is 18.3 Å². The van der Waals surface area contributed by atoms with Crippen LogP contribution in [0.25, 0.3) is 91.4 Å². The summed E-state index contributed by atoms with van der Waals surface area (Å²) in [5, 5.41) is 50.3. The van der Waals surface area contributed by atoms with E-state index in [9.17, 15) is 39.6 Å². The van der Waals surface area contributed by atoms with E-state index in [1.807, 2.05) is 164 Å². The number of carboxylic acids is 4. The van der Waals surface area contributed by atoms with Gasteiger partial charge in [-0.15, -0.1) is 22.1 Å². The van der Waals surface area contributed by atoms with Crippen molar-refractivity contribution >= 4 is 70.2 Å². The molecule has 2 aliphatic rings. The van der Waals surface area contributed by atoms with Crippen LogP contribution < -0.4 is 48.7 Å². The van der Waals surface area contributed by atoms with E-state index in [1.165, 1.54) is 24.3 Å². The molecule has 0 unspecified atom stereocenters. The fraction of sp³-hybridized carbons (Fsp3) is 0.0556. The molecule has 11 aromatic rings. The van der Waals surface area contributed by atoms with Crippen LogP contribution in [0.1, 0.15) is 86.5 Å². The van der Waals surface area contributed by atoms with E-state index < -0.39 is 23.9 Å². The second kappa shape index (κ2) is 26.7. The van der Waals surface area contributed by atoms with Gasteiger partial charge in [0.2, 0.25) is 22.8 Å². The monoisotopic (exact) mass is 1430 g/mol. The molecule has 9 heterocycles. The van der Waals surface area contributed by atoms with Gasteiger partial charge >= 0.3 is 17.1 Å². The zero-order valence-electron chi connectivity index (χ0n) is 47.9. The molecule has 0 saturated carbocycles. The SMILES string of the molecule is O=C([O-])c1ccccc1C[n+]1ccccc1-c1c2nc(c(-c3cccc[n+]3Cc3ccccc3C(=O)[O-])c3ccc([n-]3)c(-c3cccc[n+]3Cc3ccccc3C(=O)[O-])c3nc(c(-c4cccc[n+]4Cc4ccccc4C(=O)[O-])c4ccc1[n-]4)C=C3)C=C2.[Mn+2].[Ra]. The number of pyridine rings is 4. The average molecular weight is 1430 g/mol. The van der Waals surface area contributed by atoms with Gasteiger partial charge < -0.3 is 49.6 Å². The van der Waals surface area contributed by atoms with Crippen LogP contribution in [0.4, 0.5) is 0 Å². The number of carbonyl (C=O) groups is 4. The molecule has 0 spiro atoms. The summed E-state index contributed by atoms with van der Waals surface area (Å²) < 4.78 is 7.75. The fourth-order valence-electron chi connectivity index (χ4n) is 11.7. The van der Waals surface area contributed by atoms with Gasteiger partial charge in [-0.25, -0.2) is 9.97 Å². The topological polar surface area (TPSA) is 230 Å². The minimum Gasteiger partial charge on any atom is -0.656 e. The number of rotatable bonds is 16. The summed E-state index contributed by atoms with van der Waals surface area (Å²) in [6.07, 6.45) is 15.1. The molecule has 90 heavy (non-hydrogen) atoms. The predicted octanol–water partition coefficient (Wildman–Crippen LogP) is 5.38. The van der Waals surface area contributed by atoms with Gasteiger partial charge in [0, 0.05) is 138 Å². The standard InChI is InChI=1S/C72H50N8O8.Mn.Ra/c81-69(82)49-21-5-1-17-45(49)41-77-37-13-9-25-61(77)65-53-29-31-55(73-53)66(62-26-10-14-38-78(62)42-46-18-2-6-22-50(46)70(83)84)57-33-35-59(75-57)68(64-28-12-16-40-80(64)44-48-20-4-8-24-52(48)72(87)88)60-36-34-58(76-60)67(56-32-30-54(65)74-56)63-27-11-15-39-79(63)43-47-19-3-7-23-51(47)71(85)86;;/h1-40H,41-44H2,(H2-3,73,74,75,76,81,82,83,84,85,86,87,88);;/q;+2;/p-2. The number of aromatic nitrogens is 8. The number of carbonyl (C=O) groups excluding carboxylic acids is 4. The largest absolute Gasteiger partial charge is 2.00 e. The Morgan fingerprint density at radius 1 is 0.311 bits per heavy atom. The minimum absolute atomic E-state index is 0. The van der Waals surface area contributed by atoms with E-state index in [-0.39, 0.29) is 111 Å². The number of aromatic carboxylic acids is 4. The molecular weight excluding hydrogens is 1390 g/mol. The third kappa shape index (κ3) is 12.3. The van der Waals surface area contributed by atoms with Crippen LogP contribution in [-0.4, -0.2) is 33.8 Å². The first-order chi connectivity index (χ1) is 42.9. The number of benzene rings is 4. The zero-order chi connectivity index (χ0) is 60.4. The number of nitrogens with zero attached hydrogens (tertiary/aromatic N) is 8. The molecule has 0 aliphatic carbocycles. The summed E-state index contributed by atoms with van der Waals surface area (Å²) in [6.45, 7) is 0.494. The second-order valence-electron chi connectivity index (χ2n) is 21.0. The quantitative estimate of drug-likeness (QED) is 0.0878. The minimum atomic E-state index is -1.31. The molecule has 16 nitrogen and oxygen atoms in total. The maximum Gasteiger partial charge on any atom is 2.00 e. The van der Waals surface area contributed by atoms with Crippen molar-refractivity contribution in [2.24, 2.45) is 0 Å². The summed E-state index contributed by atoms with van der Waals surface area (Å²) in [7, 11) is 0. The molecule has 0 N–H and O–H groups in total. The van der Waals surface area contributed by atoms with Gasteiger partial charge in [0.25, 0.3) is 0 Å². The normalized spacial score (nSPS) is 11.4. The van der Waals surface area contributed by atoms with Crippen molar-refractivity contribution in [3.63, 3.8) is 0 Å². The second-order valence-corrected chi connectivity index (χ2v) is 21.0. The van der Waals surface area contributed by atoms with Crippen molar-refractivity contribution in [1.82, 2.24) is 19.9 Å². The van der Waals surface area contributed by atoms with Crippen LogP contribution in [0.15, 0.2) is 219 Å². The van der Waals surface area contributed by atoms with Gasteiger partial charge in [0.15, 0.2) is 51.0 Å². The van der Waals surface area contributed by atoms with Crippen LogP contribution in [0.3, 0.4) is 0 Å². The molecule has 0 amide bonds. The first-order valence-electron chi connectivity index (χ1n) is 28.1. The van der Waals surface area contributed by atoms with Crippen LogP contribution in [-0.2, 0) is 43.2 Å². The van der Waals surface area contributed by atoms with Gasteiger partial charge in [-0.05, 0) is 48.6 Å². The van der Waals surface area contributed by atoms with E-state index in [1.54, 1.807) is 72.8 Å². The third-order valence-corrected chi connectivity index (χ3v) is 15.7. The van der Waals surface area contributed by atoms with E-state index in [4.69, 9.17) is 19.9 Å². The van der Waals surface area contributed by atoms with Gasteiger partial charge in [-0.3, -0.25) is 0 Å². The van der Waals surface area contributed by atoms with E-state index in [0.29, 0.717) is 112 Å². The number of hydrogen-bond acceptors (Lipinski definition) is 10. The van der Waals surface area contributed by atoms with E-state index >= 15 is 0 Å². The van der Waals surface area contributed by atoms with E-state index in [0.717, 1.165) is 0 Å². The Balaban J connectivity index is 0.00000417. The van der Waals surface area contributed by atoms with Crippen LogP contribution in [0.2, 0.25) is 0 Å². The maximum absolute atomic E-state index is 12.6. The average Bonchev–Trinajstić information content (AvgIpc) is 1.61. The molecule has 13 rings (SSSR count). The smallest absolute Gasteiger partial charge is 0.656 e. The Kier molecular flexibility index (Phi) is 18.3. The van der Waals surface area contributed by atoms with Crippen molar-refractivity contribution in [2.75, 3.05) is 0 Å². The van der Waals surface area contributed by atoms with Crippen molar-refractivity contribution in [1.29, 1.82) is 0 Å². The Bertz CT molecular complexity index is 4340. The first kappa shape index (κ1) is 61.6. The number of carboxylic acid groups (broad SMARTS) is 4. The summed E-state index contributed by atoms with van der Waals surface area (Å²) in [6, 6.07) is 57.1. The Morgan fingerprint density at radius 3 is 0.744 bits per heavy atom. The Morgan fingerprint density at radius 2 is 0.522 bits per heavy atom. The molecule has 0 atom stereocenters. The third-order valence-electron chi connectivity index (χ3n) is 15.7. The van der Waals surface area contributed by atoms with Gasteiger partial charge in [0.1, 0.15) is 0 Å². The van der Waals surface area contributed by atoms with E-state index in [2.05, 4.69) is 0 Å². The predicted molar refractivity (Wildman–Crippen MR) is 319 cm³/mol. The van der Waals surface area contributed by atoms with Crippen molar-refractivity contribution < 1.29 is 120 Å². The molecule has 4 aromatic carbocycles. The van der Waals surface area contributed by atoms with Gasteiger partial charge in [0.05, 0.1) is 68.9 Å². The zero-order valence-corrected chi connectivity index (χ0v) is 54.8. The Labute approximate surface area is 562 Å². The molecule has 7 aromatic heterocycles. The molecule has 2 aliphatic heterocycles. The molecule has 0 fully saturated rings. The Hall–Kier alpha value is -10.1. The fourth-order valence-corrected chi connectivity index (χ4v) is 11.7. The molecular formula is C72H48MnN8O8Ra. The maximum atomic E-state index is 12.6. The molecule has 8 bridgehead atoms. The molecule has 3 radical (unpaired) electrons. The molecule has 433 valence electrons. The number of fused-ring (bicyclic) bond motifs is 8. The number of hydrogen-bond donors (Lipinski definition) is 0. The van der Waals surface area contributed by atoms with Crippen LogP contribution >= 0.6 is 0 Å². The van der Waals surface area contributed by atoms with Gasteiger partial charge in [-0.1, -0.05) is 121 Å². The van der Waals surface area contributed by atoms with Crippen molar-refractivity contribution in [3.05, 3.63) is 286 Å². The summed E-state index contributed by atoms with van der Waals surface area (Å²) in [4.78, 5) is 72.3. The van der Waals surface area contributed by atoms with Crippen molar-refractivity contribution in [3.8, 4) is 45.0 Å². The van der Waals surface area contributed by atoms with Crippen molar-refractivity contribution in [2.45, 2.75) is 26.2 Å². The van der Waals surface area contributed by atoms with Crippen LogP contribution in [0.5, 0.6) is 0 Å². The van der Waals surface area contributed by atoms with Crippen LogP contribution in [0, 0.1) is 45.0 Å². The summed E-state index contributed by atoms with van der Waals surface area (Å²) >= 11 is 0. The first-order valence-corrected chi connectivity index (χ1v) is 28.1.